The van der Waals surface area contributed by atoms with E-state index in [1.807, 2.05) is 26.0 Å². The van der Waals surface area contributed by atoms with Gasteiger partial charge in [0, 0.05) is 18.1 Å². The summed E-state index contributed by atoms with van der Waals surface area (Å²) in [5.74, 6) is 3.77. The standard InChI is InChI=1S/C19H19N5O2/c1-6-15-11-19(21-12(2)20-15)24-18(22-13(3)23-24)10-14-7-8-16(25-4)17(9-14)26-5/h6,9,11H,1,10H2,2-5H3. The van der Waals surface area contributed by atoms with Crippen molar-refractivity contribution in [2.75, 3.05) is 14.2 Å². The largest absolute Gasteiger partial charge is 0.492 e. The maximum absolute atomic E-state index is 5.33. The molecule has 0 saturated carbocycles. The lowest BCUT2D eigenvalue weighted by Crippen LogP contribution is -2.08. The minimum atomic E-state index is 0.490. The lowest BCUT2D eigenvalue weighted by Gasteiger charge is -2.08. The maximum atomic E-state index is 5.33. The van der Waals surface area contributed by atoms with Gasteiger partial charge in [0.2, 0.25) is 5.75 Å². The Morgan fingerprint density at radius 3 is 2.58 bits per heavy atom. The number of methoxy groups -OCH3 is 2. The van der Waals surface area contributed by atoms with Gasteiger partial charge in [0.25, 0.3) is 0 Å². The zero-order valence-electron chi connectivity index (χ0n) is 15.2. The molecule has 7 nitrogen and oxygen atoms in total. The molecule has 3 aromatic rings. The molecule has 0 unspecified atom stereocenters. The number of hydrogen-bond donors (Lipinski definition) is 0. The molecule has 2 heterocycles. The Bertz CT molecular complexity index is 949. The van der Waals surface area contributed by atoms with E-state index in [4.69, 9.17) is 9.47 Å². The lowest BCUT2D eigenvalue weighted by molar-refractivity contribution is 0.355. The molecule has 0 aliphatic rings. The quantitative estimate of drug-likeness (QED) is 0.681. The average Bonchev–Trinajstić information content (AvgIpc) is 3.01. The van der Waals surface area contributed by atoms with Crippen molar-refractivity contribution in [2.45, 2.75) is 20.3 Å². The van der Waals surface area contributed by atoms with Gasteiger partial charge in [-0.15, -0.1) is 5.10 Å². The molecule has 26 heavy (non-hydrogen) atoms. The first-order valence-corrected chi connectivity index (χ1v) is 8.00. The summed E-state index contributed by atoms with van der Waals surface area (Å²) < 4.78 is 12.2. The van der Waals surface area contributed by atoms with Gasteiger partial charge in [-0.1, -0.05) is 12.6 Å². The lowest BCUT2D eigenvalue weighted by atomic mass is 10.1. The van der Waals surface area contributed by atoms with Crippen molar-refractivity contribution >= 4 is 6.08 Å². The third-order valence-electron chi connectivity index (χ3n) is 3.69. The van der Waals surface area contributed by atoms with Crippen molar-refractivity contribution in [3.05, 3.63) is 59.6 Å². The molecular formula is C19H19N5O2. The summed E-state index contributed by atoms with van der Waals surface area (Å²) in [6.45, 7) is 7.44. The van der Waals surface area contributed by atoms with Crippen molar-refractivity contribution in [3.63, 3.8) is 0 Å². The van der Waals surface area contributed by atoms with Crippen LogP contribution >= 0.6 is 0 Å². The summed E-state index contributed by atoms with van der Waals surface area (Å²) in [6, 6.07) is 9.70. The Hall–Kier alpha value is -3.40. The summed E-state index contributed by atoms with van der Waals surface area (Å²) in [5.41, 5.74) is 1.59. The molecule has 0 radical (unpaired) electrons. The van der Waals surface area contributed by atoms with Crippen LogP contribution in [0, 0.1) is 26.0 Å². The second-order valence-electron chi connectivity index (χ2n) is 5.59. The number of aromatic nitrogens is 5. The van der Waals surface area contributed by atoms with E-state index in [0.29, 0.717) is 35.4 Å². The fraction of sp³-hybridized carbons (Fsp3) is 0.263. The van der Waals surface area contributed by atoms with Crippen molar-refractivity contribution in [3.8, 4) is 17.3 Å². The second-order valence-corrected chi connectivity index (χ2v) is 5.59. The number of hydrogen-bond acceptors (Lipinski definition) is 6. The molecule has 7 heteroatoms. The number of ether oxygens (including phenoxy) is 2. The summed E-state index contributed by atoms with van der Waals surface area (Å²) >= 11 is 0. The highest BCUT2D eigenvalue weighted by Crippen LogP contribution is 2.25. The topological polar surface area (TPSA) is 75.0 Å². The van der Waals surface area contributed by atoms with E-state index in [0.717, 1.165) is 17.1 Å². The Morgan fingerprint density at radius 1 is 1.08 bits per heavy atom. The minimum Gasteiger partial charge on any atom is -0.492 e. The highest BCUT2D eigenvalue weighted by molar-refractivity contribution is 5.45. The van der Waals surface area contributed by atoms with Crippen LogP contribution in [0.2, 0.25) is 0 Å². The van der Waals surface area contributed by atoms with Gasteiger partial charge in [-0.3, -0.25) is 0 Å². The molecule has 0 N–H and O–H groups in total. The van der Waals surface area contributed by atoms with E-state index in [9.17, 15) is 0 Å². The molecule has 0 bridgehead atoms. The van der Waals surface area contributed by atoms with Crippen LogP contribution in [0.25, 0.3) is 11.9 Å². The monoisotopic (exact) mass is 349 g/mol. The van der Waals surface area contributed by atoms with Crippen LogP contribution < -0.4 is 9.47 Å². The highest BCUT2D eigenvalue weighted by atomic mass is 16.5. The van der Waals surface area contributed by atoms with E-state index in [2.05, 4.69) is 38.8 Å². The molecule has 132 valence electrons. The normalized spacial score (nSPS) is 10.3. The Labute approximate surface area is 152 Å². The smallest absolute Gasteiger partial charge is 0.212 e. The van der Waals surface area contributed by atoms with Gasteiger partial charge in [-0.2, -0.15) is 4.68 Å². The summed E-state index contributed by atoms with van der Waals surface area (Å²) in [5, 5.41) is 4.47. The fourth-order valence-electron chi connectivity index (χ4n) is 2.57. The molecule has 0 spiro atoms. The van der Waals surface area contributed by atoms with Gasteiger partial charge in [-0.25, -0.2) is 15.0 Å². The van der Waals surface area contributed by atoms with Gasteiger partial charge in [-0.05, 0) is 32.1 Å². The van der Waals surface area contributed by atoms with Gasteiger partial charge < -0.3 is 9.47 Å². The molecule has 0 saturated heterocycles. The van der Waals surface area contributed by atoms with E-state index in [-0.39, 0.29) is 0 Å². The molecule has 0 fully saturated rings. The van der Waals surface area contributed by atoms with Crippen LogP contribution in [0.4, 0.5) is 0 Å². The van der Waals surface area contributed by atoms with Crippen LogP contribution in [-0.2, 0) is 6.42 Å². The SMILES string of the molecule is C=Cc1cc(-n2nc(C)nc2Cc2c#cc(OC)c(OC)c2)nc(C)n1. The van der Waals surface area contributed by atoms with Crippen molar-refractivity contribution in [1.82, 2.24) is 24.7 Å². The van der Waals surface area contributed by atoms with E-state index >= 15 is 0 Å². The minimum absolute atomic E-state index is 0.490. The molecular weight excluding hydrogens is 330 g/mol. The van der Waals surface area contributed by atoms with Gasteiger partial charge in [0.05, 0.1) is 19.9 Å². The van der Waals surface area contributed by atoms with Gasteiger partial charge in [0.1, 0.15) is 17.5 Å². The van der Waals surface area contributed by atoms with Gasteiger partial charge >= 0.3 is 0 Å². The molecule has 0 aliphatic carbocycles. The van der Waals surface area contributed by atoms with Crippen LogP contribution in [0.5, 0.6) is 11.5 Å². The molecule has 0 aliphatic heterocycles. The van der Waals surface area contributed by atoms with Crippen LogP contribution in [0.15, 0.2) is 18.7 Å². The first-order chi connectivity index (χ1) is 12.5. The number of aryl methyl sites for hydroxylation is 2. The second kappa shape index (κ2) is 7.23. The van der Waals surface area contributed by atoms with Crippen LogP contribution in [-0.4, -0.2) is 39.0 Å². The zero-order chi connectivity index (χ0) is 18.7. The van der Waals surface area contributed by atoms with Crippen molar-refractivity contribution < 1.29 is 9.47 Å². The predicted octanol–water partition coefficient (Wildman–Crippen LogP) is 2.53. The predicted molar refractivity (Wildman–Crippen MR) is 96.5 cm³/mol. The fourth-order valence-corrected chi connectivity index (χ4v) is 2.57. The molecule has 0 amide bonds. The maximum Gasteiger partial charge on any atom is 0.212 e. The average molecular weight is 349 g/mol. The summed E-state index contributed by atoms with van der Waals surface area (Å²) in [4.78, 5) is 13.3. The molecule has 0 atom stereocenters. The third kappa shape index (κ3) is 3.49. The zero-order valence-corrected chi connectivity index (χ0v) is 15.2. The molecule has 2 aromatic heterocycles. The Kier molecular flexibility index (Phi) is 4.85. The number of rotatable bonds is 6. The molecule has 1 aromatic carbocycles. The van der Waals surface area contributed by atoms with Crippen LogP contribution in [0.3, 0.4) is 0 Å². The highest BCUT2D eigenvalue weighted by Gasteiger charge is 2.14. The van der Waals surface area contributed by atoms with E-state index in [1.54, 1.807) is 25.0 Å². The summed E-state index contributed by atoms with van der Waals surface area (Å²) in [6.07, 6.45) is 2.17. The van der Waals surface area contributed by atoms with E-state index in [1.165, 1.54) is 0 Å². The van der Waals surface area contributed by atoms with Gasteiger partial charge in [0.15, 0.2) is 11.6 Å². The first kappa shape index (κ1) is 17.4. The molecule has 3 rings (SSSR count). The first-order valence-electron chi connectivity index (χ1n) is 8.00. The third-order valence-corrected chi connectivity index (χ3v) is 3.69. The van der Waals surface area contributed by atoms with Crippen molar-refractivity contribution in [2.24, 2.45) is 0 Å². The number of nitrogens with zero attached hydrogens (tertiary/aromatic N) is 5. The summed E-state index contributed by atoms with van der Waals surface area (Å²) in [7, 11) is 3.15. The van der Waals surface area contributed by atoms with E-state index < -0.39 is 0 Å². The Balaban J connectivity index is 2.00. The van der Waals surface area contributed by atoms with Crippen molar-refractivity contribution in [1.29, 1.82) is 0 Å². The van der Waals surface area contributed by atoms with Crippen LogP contribution in [0.1, 0.15) is 28.7 Å². The Morgan fingerprint density at radius 2 is 1.88 bits per heavy atom.